The summed E-state index contributed by atoms with van der Waals surface area (Å²) in [5, 5.41) is 0.531. The summed E-state index contributed by atoms with van der Waals surface area (Å²) in [6, 6.07) is 14.2. The number of halogens is 1. The van der Waals surface area contributed by atoms with E-state index in [0.29, 0.717) is 16.5 Å². The molecule has 3 unspecified atom stereocenters. The molecule has 2 aliphatic heterocycles. The third-order valence-electron chi connectivity index (χ3n) is 6.81. The van der Waals surface area contributed by atoms with Crippen LogP contribution in [0.15, 0.2) is 42.5 Å². The highest BCUT2D eigenvalue weighted by molar-refractivity contribution is 6.34. The molecule has 0 bridgehead atoms. The highest BCUT2D eigenvalue weighted by atomic mass is 35.5. The van der Waals surface area contributed by atoms with E-state index in [1.165, 1.54) is 24.1 Å². The maximum atomic E-state index is 13.6. The Morgan fingerprint density at radius 2 is 2.00 bits per heavy atom. The van der Waals surface area contributed by atoms with Gasteiger partial charge in [-0.3, -0.25) is 4.79 Å². The van der Waals surface area contributed by atoms with Crippen molar-refractivity contribution < 1.29 is 9.28 Å². The van der Waals surface area contributed by atoms with Gasteiger partial charge in [0, 0.05) is 12.1 Å². The second-order valence-corrected chi connectivity index (χ2v) is 10.0. The van der Waals surface area contributed by atoms with Crippen molar-refractivity contribution in [2.45, 2.75) is 45.6 Å². The number of rotatable bonds is 4. The third kappa shape index (κ3) is 3.83. The zero-order valence-electron chi connectivity index (χ0n) is 18.0. The predicted molar refractivity (Wildman–Crippen MR) is 121 cm³/mol. The molecule has 4 rings (SSSR count). The van der Waals surface area contributed by atoms with Gasteiger partial charge in [0.05, 0.1) is 49.2 Å². The van der Waals surface area contributed by atoms with Gasteiger partial charge < -0.3 is 9.38 Å². The van der Waals surface area contributed by atoms with Gasteiger partial charge in [0.1, 0.15) is 0 Å². The van der Waals surface area contributed by atoms with Crippen molar-refractivity contribution in [3.8, 4) is 0 Å². The number of hydrogen-bond acceptors (Lipinski definition) is 1. The monoisotopic (exact) mass is 411 g/mol. The maximum Gasteiger partial charge on any atom is 0.260 e. The Hall–Kier alpha value is -1.84. The molecule has 2 aromatic carbocycles. The molecule has 0 spiro atoms. The molecule has 0 aliphatic carbocycles. The first-order valence-electron chi connectivity index (χ1n) is 10.8. The molecular weight excluding hydrogens is 380 g/mol. The Balaban J connectivity index is 1.70. The molecule has 0 N–H and O–H groups in total. The van der Waals surface area contributed by atoms with Crippen LogP contribution in [-0.4, -0.2) is 43.1 Å². The summed E-state index contributed by atoms with van der Waals surface area (Å²) in [5.74, 6) is 1.15. The van der Waals surface area contributed by atoms with Gasteiger partial charge in [-0.05, 0) is 43.0 Å². The number of piperidine rings is 1. The van der Waals surface area contributed by atoms with Crippen LogP contribution in [0.1, 0.15) is 54.1 Å². The van der Waals surface area contributed by atoms with Crippen LogP contribution in [0.2, 0.25) is 5.02 Å². The first kappa shape index (κ1) is 20.4. The molecule has 1 saturated heterocycles. The van der Waals surface area contributed by atoms with E-state index in [4.69, 9.17) is 11.6 Å². The third-order valence-corrected chi connectivity index (χ3v) is 7.14. The summed E-state index contributed by atoms with van der Waals surface area (Å²) in [7, 11) is 2.40. The number of aryl methyl sites for hydroxylation is 1. The molecule has 2 aromatic rings. The molecule has 2 heterocycles. The number of carbonyl (C=O) groups is 1. The lowest BCUT2D eigenvalue weighted by Crippen LogP contribution is -2.57. The lowest BCUT2D eigenvalue weighted by atomic mass is 9.86. The second-order valence-electron chi connectivity index (χ2n) is 9.61. The fourth-order valence-electron chi connectivity index (χ4n) is 5.11. The molecule has 29 heavy (non-hydrogen) atoms. The fraction of sp³-hybridized carbons (Fsp3) is 0.480. The number of carbonyl (C=O) groups excluding carboxylic acids is 1. The minimum absolute atomic E-state index is 0.0338. The highest BCUT2D eigenvalue weighted by Crippen LogP contribution is 2.47. The summed E-state index contributed by atoms with van der Waals surface area (Å²) in [6.07, 6.45) is 2.28. The molecule has 0 saturated carbocycles. The number of fused-ring (bicyclic) bond motifs is 3. The van der Waals surface area contributed by atoms with Gasteiger partial charge in [-0.2, -0.15) is 0 Å². The Labute approximate surface area is 179 Å². The molecule has 0 radical (unpaired) electrons. The zero-order chi connectivity index (χ0) is 20.8. The van der Waals surface area contributed by atoms with Gasteiger partial charge in [-0.1, -0.05) is 55.3 Å². The number of likely N-dealkylation sites (tertiary alicyclic amines) is 1. The van der Waals surface area contributed by atoms with Crippen molar-refractivity contribution in [1.29, 1.82) is 0 Å². The van der Waals surface area contributed by atoms with Gasteiger partial charge in [0.25, 0.3) is 5.91 Å². The SMILES string of the molecule is Cc1ccc2c(c1)C1C[N+](C)(CCC(C)C)CCC1N2C(=O)c1ccccc1Cl. The number of benzene rings is 2. The van der Waals surface area contributed by atoms with Crippen molar-refractivity contribution in [2.24, 2.45) is 5.92 Å². The maximum absolute atomic E-state index is 13.6. The van der Waals surface area contributed by atoms with Crippen LogP contribution in [0.25, 0.3) is 0 Å². The van der Waals surface area contributed by atoms with E-state index < -0.39 is 0 Å². The van der Waals surface area contributed by atoms with E-state index in [2.05, 4.69) is 46.0 Å². The van der Waals surface area contributed by atoms with Crippen LogP contribution >= 0.6 is 11.6 Å². The van der Waals surface area contributed by atoms with E-state index in [1.807, 2.05) is 23.1 Å². The van der Waals surface area contributed by atoms with E-state index in [-0.39, 0.29) is 11.9 Å². The van der Waals surface area contributed by atoms with Crippen molar-refractivity contribution in [1.82, 2.24) is 0 Å². The van der Waals surface area contributed by atoms with Gasteiger partial charge in [0.2, 0.25) is 0 Å². The van der Waals surface area contributed by atoms with Crippen molar-refractivity contribution in [3.05, 3.63) is 64.2 Å². The summed E-state index contributed by atoms with van der Waals surface area (Å²) in [4.78, 5) is 15.6. The number of nitrogens with zero attached hydrogens (tertiary/aromatic N) is 2. The van der Waals surface area contributed by atoms with Crippen LogP contribution in [0.3, 0.4) is 0 Å². The normalized spacial score (nSPS) is 25.8. The van der Waals surface area contributed by atoms with Crippen LogP contribution in [0.4, 0.5) is 5.69 Å². The molecule has 3 nitrogen and oxygen atoms in total. The first-order chi connectivity index (χ1) is 13.8. The predicted octanol–water partition coefficient (Wildman–Crippen LogP) is 5.66. The topological polar surface area (TPSA) is 20.3 Å². The average molecular weight is 412 g/mol. The van der Waals surface area contributed by atoms with E-state index in [9.17, 15) is 4.79 Å². The van der Waals surface area contributed by atoms with Crippen LogP contribution < -0.4 is 4.90 Å². The molecule has 1 amide bonds. The number of amides is 1. The van der Waals surface area contributed by atoms with E-state index >= 15 is 0 Å². The number of quaternary nitrogens is 1. The summed E-state index contributed by atoms with van der Waals surface area (Å²) >= 11 is 6.39. The van der Waals surface area contributed by atoms with Crippen LogP contribution in [0, 0.1) is 12.8 Å². The van der Waals surface area contributed by atoms with Crippen LogP contribution in [-0.2, 0) is 0 Å². The van der Waals surface area contributed by atoms with Crippen molar-refractivity contribution >= 4 is 23.2 Å². The van der Waals surface area contributed by atoms with Crippen molar-refractivity contribution in [2.75, 3.05) is 31.6 Å². The quantitative estimate of drug-likeness (QED) is 0.594. The molecule has 1 fully saturated rings. The largest absolute Gasteiger partial charge is 0.325 e. The van der Waals surface area contributed by atoms with Gasteiger partial charge in [-0.25, -0.2) is 0 Å². The van der Waals surface area contributed by atoms with Gasteiger partial charge in [0.15, 0.2) is 0 Å². The van der Waals surface area contributed by atoms with E-state index in [0.717, 1.165) is 35.6 Å². The summed E-state index contributed by atoms with van der Waals surface area (Å²) in [6.45, 7) is 10.2. The Kier molecular flexibility index (Phi) is 5.48. The first-order valence-corrected chi connectivity index (χ1v) is 11.2. The second kappa shape index (κ2) is 7.77. The summed E-state index contributed by atoms with van der Waals surface area (Å²) < 4.78 is 1.10. The molecular formula is C25H32ClN2O+. The smallest absolute Gasteiger partial charge is 0.260 e. The fourth-order valence-corrected chi connectivity index (χ4v) is 5.33. The van der Waals surface area contributed by atoms with Crippen LogP contribution in [0.5, 0.6) is 0 Å². The number of anilines is 1. The molecule has 0 aromatic heterocycles. The number of hydrogen-bond donors (Lipinski definition) is 0. The summed E-state index contributed by atoms with van der Waals surface area (Å²) in [5.41, 5.74) is 4.28. The lowest BCUT2D eigenvalue weighted by molar-refractivity contribution is -0.916. The Morgan fingerprint density at radius 3 is 2.72 bits per heavy atom. The molecule has 154 valence electrons. The van der Waals surface area contributed by atoms with E-state index in [1.54, 1.807) is 6.07 Å². The number of likely N-dealkylation sites (N-methyl/N-ethyl adjacent to an activating group) is 1. The molecule has 4 heteroatoms. The average Bonchev–Trinajstić information content (AvgIpc) is 2.99. The van der Waals surface area contributed by atoms with Gasteiger partial charge in [-0.15, -0.1) is 0 Å². The van der Waals surface area contributed by atoms with Gasteiger partial charge >= 0.3 is 0 Å². The molecule has 3 atom stereocenters. The zero-order valence-corrected chi connectivity index (χ0v) is 18.7. The highest BCUT2D eigenvalue weighted by Gasteiger charge is 2.49. The van der Waals surface area contributed by atoms with Crippen molar-refractivity contribution in [3.63, 3.8) is 0 Å². The Bertz CT molecular complexity index is 925. The lowest BCUT2D eigenvalue weighted by Gasteiger charge is -2.44. The minimum atomic E-state index is 0.0338. The minimum Gasteiger partial charge on any atom is -0.325 e. The Morgan fingerprint density at radius 1 is 1.24 bits per heavy atom. The standard InChI is InChI=1S/C25H32ClN2O/c1-17(2)11-13-28(4)14-12-24-21(16-28)20-15-18(3)9-10-23(20)27(24)25(29)19-7-5-6-8-22(19)26/h5-10,15,17,21,24H,11-14,16H2,1-4H3/q+1. The molecule has 2 aliphatic rings.